The fourth-order valence-corrected chi connectivity index (χ4v) is 2.32. The van der Waals surface area contributed by atoms with Gasteiger partial charge in [0.25, 0.3) is 0 Å². The predicted octanol–water partition coefficient (Wildman–Crippen LogP) is 2.56. The number of rotatable bonds is 1. The Morgan fingerprint density at radius 3 is 2.09 bits per heavy atom. The van der Waals surface area contributed by atoms with Gasteiger partial charge in [-0.25, -0.2) is 0 Å². The Balaban J connectivity index is 3.13. The van der Waals surface area contributed by atoms with Gasteiger partial charge in [-0.2, -0.15) is 0 Å². The molecule has 1 nitrogen and oxygen atoms in total. The first-order valence-corrected chi connectivity index (χ1v) is 4.59. The molecule has 0 unspecified atom stereocenters. The summed E-state index contributed by atoms with van der Waals surface area (Å²) in [5.74, 6) is 0. The minimum absolute atomic E-state index is 0.178. The van der Waals surface area contributed by atoms with Crippen LogP contribution in [0.3, 0.4) is 0 Å². The van der Waals surface area contributed by atoms with E-state index < -0.39 is 0 Å². The van der Waals surface area contributed by atoms with Crippen molar-refractivity contribution >= 4 is 11.3 Å². The summed E-state index contributed by atoms with van der Waals surface area (Å²) in [5, 5.41) is 0. The number of thiophene rings is 1. The Morgan fingerprint density at radius 1 is 1.36 bits per heavy atom. The second-order valence-electron chi connectivity index (χ2n) is 3.59. The van der Waals surface area contributed by atoms with Crippen LogP contribution >= 0.6 is 11.3 Å². The van der Waals surface area contributed by atoms with Gasteiger partial charge in [0.1, 0.15) is 0 Å². The maximum atomic E-state index is 5.98. The normalized spacial score (nSPS) is 12.1. The van der Waals surface area contributed by atoms with Crippen molar-refractivity contribution in [3.8, 4) is 0 Å². The van der Waals surface area contributed by atoms with Crippen LogP contribution in [-0.4, -0.2) is 0 Å². The molecule has 0 spiro atoms. The van der Waals surface area contributed by atoms with E-state index in [1.54, 1.807) is 11.3 Å². The average molecular weight is 169 g/mol. The lowest BCUT2D eigenvalue weighted by Crippen LogP contribution is -2.28. The van der Waals surface area contributed by atoms with Crippen LogP contribution in [0.25, 0.3) is 0 Å². The van der Waals surface area contributed by atoms with Crippen molar-refractivity contribution in [2.75, 3.05) is 0 Å². The van der Waals surface area contributed by atoms with Crippen molar-refractivity contribution in [1.82, 2.24) is 0 Å². The molecule has 0 aliphatic heterocycles. The molecule has 2 N–H and O–H groups in total. The van der Waals surface area contributed by atoms with Crippen molar-refractivity contribution in [3.05, 3.63) is 21.4 Å². The fraction of sp³-hybridized carbons (Fsp3) is 0.556. The van der Waals surface area contributed by atoms with E-state index >= 15 is 0 Å². The van der Waals surface area contributed by atoms with Gasteiger partial charge in [0, 0.05) is 15.3 Å². The molecular formula is C9H15NS. The molecule has 62 valence electrons. The molecule has 1 rings (SSSR count). The molecule has 1 aromatic heterocycles. The third-order valence-electron chi connectivity index (χ3n) is 1.63. The van der Waals surface area contributed by atoms with Crippen LogP contribution in [0.2, 0.25) is 0 Å². The summed E-state index contributed by atoms with van der Waals surface area (Å²) in [7, 11) is 0. The molecule has 0 aliphatic rings. The average Bonchev–Trinajstić information content (AvgIpc) is 2.08. The van der Waals surface area contributed by atoms with Crippen LogP contribution in [0.1, 0.15) is 29.2 Å². The van der Waals surface area contributed by atoms with Gasteiger partial charge in [0.15, 0.2) is 0 Å². The van der Waals surface area contributed by atoms with E-state index in [4.69, 9.17) is 5.73 Å². The summed E-state index contributed by atoms with van der Waals surface area (Å²) in [6.07, 6.45) is 0. The first kappa shape index (κ1) is 8.75. The third kappa shape index (κ3) is 1.82. The van der Waals surface area contributed by atoms with E-state index in [0.717, 1.165) is 0 Å². The topological polar surface area (TPSA) is 26.0 Å². The van der Waals surface area contributed by atoms with E-state index in [1.165, 1.54) is 15.3 Å². The van der Waals surface area contributed by atoms with Crippen molar-refractivity contribution in [3.63, 3.8) is 0 Å². The van der Waals surface area contributed by atoms with E-state index in [1.807, 2.05) is 13.8 Å². The molecule has 1 heterocycles. The van der Waals surface area contributed by atoms with Gasteiger partial charge in [0.2, 0.25) is 0 Å². The zero-order chi connectivity index (χ0) is 8.65. The third-order valence-corrected chi connectivity index (χ3v) is 3.12. The second kappa shape index (κ2) is 2.61. The van der Waals surface area contributed by atoms with Gasteiger partial charge in [-0.3, -0.25) is 0 Å². The molecule has 11 heavy (non-hydrogen) atoms. The Labute approximate surface area is 72.2 Å². The van der Waals surface area contributed by atoms with Crippen LogP contribution in [0, 0.1) is 13.8 Å². The molecule has 0 saturated heterocycles. The number of nitrogens with two attached hydrogens (primary N) is 1. The Bertz CT molecular complexity index is 255. The van der Waals surface area contributed by atoms with Crippen LogP contribution in [0.5, 0.6) is 0 Å². The van der Waals surface area contributed by atoms with E-state index in [2.05, 4.69) is 19.9 Å². The molecule has 0 saturated carbocycles. The molecule has 0 atom stereocenters. The van der Waals surface area contributed by atoms with E-state index in [-0.39, 0.29) is 5.54 Å². The Kier molecular flexibility index (Phi) is 2.08. The van der Waals surface area contributed by atoms with Gasteiger partial charge in [-0.05, 0) is 39.3 Å². The highest BCUT2D eigenvalue weighted by Gasteiger charge is 2.18. The van der Waals surface area contributed by atoms with Crippen molar-refractivity contribution in [1.29, 1.82) is 0 Å². The highest BCUT2D eigenvalue weighted by Crippen LogP contribution is 2.29. The largest absolute Gasteiger partial charge is 0.321 e. The van der Waals surface area contributed by atoms with Crippen LogP contribution < -0.4 is 5.73 Å². The molecule has 0 amide bonds. The fourth-order valence-electron chi connectivity index (χ4n) is 1.28. The maximum absolute atomic E-state index is 5.98. The van der Waals surface area contributed by atoms with Gasteiger partial charge in [0.05, 0.1) is 0 Å². The Hall–Kier alpha value is -0.340. The lowest BCUT2D eigenvalue weighted by atomic mass is 10.0. The minimum atomic E-state index is -0.178. The Morgan fingerprint density at radius 2 is 1.91 bits per heavy atom. The summed E-state index contributed by atoms with van der Waals surface area (Å²) in [5.41, 5.74) is 7.12. The van der Waals surface area contributed by atoms with Gasteiger partial charge < -0.3 is 5.73 Å². The molecular weight excluding hydrogens is 154 g/mol. The summed E-state index contributed by atoms with van der Waals surface area (Å²) in [6.45, 7) is 8.33. The van der Waals surface area contributed by atoms with Gasteiger partial charge in [-0.15, -0.1) is 11.3 Å². The van der Waals surface area contributed by atoms with Crippen LogP contribution in [0.4, 0.5) is 0 Å². The second-order valence-corrected chi connectivity index (χ2v) is 4.85. The number of hydrogen-bond donors (Lipinski definition) is 1. The lowest BCUT2D eigenvalue weighted by Gasteiger charge is -2.17. The van der Waals surface area contributed by atoms with Crippen molar-refractivity contribution in [2.24, 2.45) is 5.73 Å². The molecule has 2 heteroatoms. The number of aryl methyl sites for hydroxylation is 2. The zero-order valence-corrected chi connectivity index (χ0v) is 8.38. The number of hydrogen-bond acceptors (Lipinski definition) is 2. The first-order valence-electron chi connectivity index (χ1n) is 3.77. The van der Waals surface area contributed by atoms with Gasteiger partial charge >= 0.3 is 0 Å². The molecule has 1 aromatic rings. The summed E-state index contributed by atoms with van der Waals surface area (Å²) in [6, 6.07) is 2.19. The van der Waals surface area contributed by atoms with Crippen molar-refractivity contribution < 1.29 is 0 Å². The van der Waals surface area contributed by atoms with Crippen LogP contribution in [-0.2, 0) is 5.54 Å². The smallest absolute Gasteiger partial charge is 0.0449 e. The molecule has 0 aliphatic carbocycles. The molecule has 0 bridgehead atoms. The van der Waals surface area contributed by atoms with Crippen LogP contribution in [0.15, 0.2) is 6.07 Å². The van der Waals surface area contributed by atoms with Crippen molar-refractivity contribution in [2.45, 2.75) is 33.2 Å². The summed E-state index contributed by atoms with van der Waals surface area (Å²) >= 11 is 1.80. The first-order chi connectivity index (χ1) is 4.91. The van der Waals surface area contributed by atoms with Gasteiger partial charge in [-0.1, -0.05) is 0 Å². The molecule has 0 aromatic carbocycles. The zero-order valence-electron chi connectivity index (χ0n) is 7.56. The monoisotopic (exact) mass is 169 g/mol. The minimum Gasteiger partial charge on any atom is -0.321 e. The standard InChI is InChI=1S/C9H15NS/c1-6-5-7(2)11-8(6)9(3,4)10/h5H,10H2,1-4H3. The SMILES string of the molecule is Cc1cc(C)c(C(C)(C)N)s1. The maximum Gasteiger partial charge on any atom is 0.0449 e. The van der Waals surface area contributed by atoms with E-state index in [9.17, 15) is 0 Å². The summed E-state index contributed by atoms with van der Waals surface area (Å²) in [4.78, 5) is 2.64. The quantitative estimate of drug-likeness (QED) is 0.687. The highest BCUT2D eigenvalue weighted by molar-refractivity contribution is 7.12. The lowest BCUT2D eigenvalue weighted by molar-refractivity contribution is 0.564. The summed E-state index contributed by atoms with van der Waals surface area (Å²) < 4.78 is 0. The van der Waals surface area contributed by atoms with E-state index in [0.29, 0.717) is 0 Å². The predicted molar refractivity (Wildman–Crippen MR) is 51.0 cm³/mol. The highest BCUT2D eigenvalue weighted by atomic mass is 32.1. The molecule has 0 radical (unpaired) electrons. The molecule has 0 fully saturated rings.